The molecule has 2 rings (SSSR count). The Balaban J connectivity index is 2.05. The van der Waals surface area contributed by atoms with Crippen LogP contribution in [0.2, 0.25) is 0 Å². The smallest absolute Gasteiger partial charge is 0.241 e. The topological polar surface area (TPSA) is 55.4 Å². The molecule has 0 amide bonds. The normalized spacial score (nSPS) is 17.6. The molecule has 0 atom stereocenters. The maximum absolute atomic E-state index is 13.0. The van der Waals surface area contributed by atoms with Gasteiger partial charge in [0, 0.05) is 24.2 Å². The molecule has 1 heterocycles. The molecule has 0 saturated carbocycles. The quantitative estimate of drug-likeness (QED) is 0.905. The standard InChI is InChI=1S/C12H15BrFNO3S/c13-11-7-10(14)1-2-12(11)19(16,17)15-8-9-3-5-18-6-4-9/h1-2,7,9,15H,3-6,8H2. The van der Waals surface area contributed by atoms with Gasteiger partial charge in [0.15, 0.2) is 0 Å². The van der Waals surface area contributed by atoms with E-state index in [0.717, 1.165) is 25.0 Å². The number of benzene rings is 1. The molecule has 0 unspecified atom stereocenters. The molecule has 1 aliphatic heterocycles. The Hall–Kier alpha value is -0.500. The highest BCUT2D eigenvalue weighted by Gasteiger charge is 2.21. The number of ether oxygens (including phenoxy) is 1. The van der Waals surface area contributed by atoms with Gasteiger partial charge in [-0.2, -0.15) is 0 Å². The summed E-state index contributed by atoms with van der Waals surface area (Å²) in [6.45, 7) is 1.73. The van der Waals surface area contributed by atoms with E-state index in [9.17, 15) is 12.8 Å². The Morgan fingerprint density at radius 1 is 1.37 bits per heavy atom. The van der Waals surface area contributed by atoms with Gasteiger partial charge >= 0.3 is 0 Å². The first kappa shape index (κ1) is 14.9. The van der Waals surface area contributed by atoms with Gasteiger partial charge in [-0.1, -0.05) is 0 Å². The van der Waals surface area contributed by atoms with E-state index < -0.39 is 15.8 Å². The maximum atomic E-state index is 13.0. The lowest BCUT2D eigenvalue weighted by atomic mass is 10.0. The molecule has 1 N–H and O–H groups in total. The van der Waals surface area contributed by atoms with Crippen molar-refractivity contribution < 1.29 is 17.5 Å². The van der Waals surface area contributed by atoms with Gasteiger partial charge in [0.1, 0.15) is 5.82 Å². The van der Waals surface area contributed by atoms with Crippen molar-refractivity contribution in [1.29, 1.82) is 0 Å². The lowest BCUT2D eigenvalue weighted by Gasteiger charge is -2.22. The summed E-state index contributed by atoms with van der Waals surface area (Å²) in [5.41, 5.74) is 0. The summed E-state index contributed by atoms with van der Waals surface area (Å²) in [7, 11) is -3.61. The van der Waals surface area contributed by atoms with E-state index in [1.807, 2.05) is 0 Å². The van der Waals surface area contributed by atoms with Crippen molar-refractivity contribution in [1.82, 2.24) is 4.72 Å². The minimum Gasteiger partial charge on any atom is -0.381 e. The molecule has 7 heteroatoms. The molecule has 1 aromatic carbocycles. The van der Waals surface area contributed by atoms with E-state index in [1.54, 1.807) is 0 Å². The molecular weight excluding hydrogens is 337 g/mol. The van der Waals surface area contributed by atoms with E-state index in [1.165, 1.54) is 6.07 Å². The van der Waals surface area contributed by atoms with Crippen LogP contribution in [0.15, 0.2) is 27.6 Å². The van der Waals surface area contributed by atoms with E-state index in [0.29, 0.717) is 25.7 Å². The predicted molar refractivity (Wildman–Crippen MR) is 72.8 cm³/mol. The van der Waals surface area contributed by atoms with E-state index >= 15 is 0 Å². The third kappa shape index (κ3) is 3.98. The molecule has 1 aliphatic rings. The fourth-order valence-corrected chi connectivity index (χ4v) is 4.11. The lowest BCUT2D eigenvalue weighted by Crippen LogP contribution is -2.32. The number of rotatable bonds is 4. The van der Waals surface area contributed by atoms with Crippen LogP contribution in [0, 0.1) is 11.7 Å². The first-order valence-electron chi connectivity index (χ1n) is 6.01. The largest absolute Gasteiger partial charge is 0.381 e. The summed E-state index contributed by atoms with van der Waals surface area (Å²) in [5, 5.41) is 0. The van der Waals surface area contributed by atoms with Crippen molar-refractivity contribution in [3.63, 3.8) is 0 Å². The SMILES string of the molecule is O=S(=O)(NCC1CCOCC1)c1ccc(F)cc1Br. The zero-order chi connectivity index (χ0) is 13.9. The molecule has 0 radical (unpaired) electrons. The van der Waals surface area contributed by atoms with Gasteiger partial charge in [-0.25, -0.2) is 17.5 Å². The Morgan fingerprint density at radius 3 is 2.68 bits per heavy atom. The monoisotopic (exact) mass is 351 g/mol. The Bertz CT molecular complexity index is 544. The van der Waals surface area contributed by atoms with Crippen LogP contribution in [0.4, 0.5) is 4.39 Å². The fourth-order valence-electron chi connectivity index (χ4n) is 1.95. The first-order chi connectivity index (χ1) is 8.99. The molecule has 4 nitrogen and oxygen atoms in total. The van der Waals surface area contributed by atoms with Crippen LogP contribution in [0.3, 0.4) is 0 Å². The molecule has 0 bridgehead atoms. The summed E-state index contributed by atoms with van der Waals surface area (Å²) < 4.78 is 45.2. The molecule has 106 valence electrons. The van der Waals surface area contributed by atoms with Crippen molar-refractivity contribution in [2.75, 3.05) is 19.8 Å². The average molecular weight is 352 g/mol. The van der Waals surface area contributed by atoms with Crippen LogP contribution >= 0.6 is 15.9 Å². The Labute approximate surface area is 120 Å². The third-order valence-corrected chi connectivity index (χ3v) is 5.49. The molecule has 1 aromatic rings. The summed E-state index contributed by atoms with van der Waals surface area (Å²) in [6.07, 6.45) is 1.71. The maximum Gasteiger partial charge on any atom is 0.241 e. The minimum atomic E-state index is -3.61. The zero-order valence-electron chi connectivity index (χ0n) is 10.2. The molecule has 0 aliphatic carbocycles. The van der Waals surface area contributed by atoms with Crippen molar-refractivity contribution in [2.24, 2.45) is 5.92 Å². The van der Waals surface area contributed by atoms with Crippen LogP contribution in [0.1, 0.15) is 12.8 Å². The number of sulfonamides is 1. The molecule has 0 aromatic heterocycles. The van der Waals surface area contributed by atoms with Crippen LogP contribution in [-0.4, -0.2) is 28.2 Å². The molecule has 19 heavy (non-hydrogen) atoms. The Kier molecular flexibility index (Phi) is 4.94. The molecular formula is C12H15BrFNO3S. The zero-order valence-corrected chi connectivity index (χ0v) is 12.6. The molecule has 1 fully saturated rings. The van der Waals surface area contributed by atoms with Crippen molar-refractivity contribution in [3.05, 3.63) is 28.5 Å². The van der Waals surface area contributed by atoms with Crippen LogP contribution in [-0.2, 0) is 14.8 Å². The summed E-state index contributed by atoms with van der Waals surface area (Å²) in [6, 6.07) is 3.53. The van der Waals surface area contributed by atoms with Gasteiger partial charge in [0.25, 0.3) is 0 Å². The number of hydrogen-bond donors (Lipinski definition) is 1. The second kappa shape index (κ2) is 6.30. The van der Waals surface area contributed by atoms with Gasteiger partial charge in [0.05, 0.1) is 4.90 Å². The highest BCUT2D eigenvalue weighted by molar-refractivity contribution is 9.10. The van der Waals surface area contributed by atoms with Crippen molar-refractivity contribution >= 4 is 26.0 Å². The summed E-state index contributed by atoms with van der Waals surface area (Å²) in [5.74, 6) is -0.182. The van der Waals surface area contributed by atoms with Crippen LogP contribution in [0.5, 0.6) is 0 Å². The van der Waals surface area contributed by atoms with Gasteiger partial charge in [0.2, 0.25) is 10.0 Å². The van der Waals surface area contributed by atoms with Crippen molar-refractivity contribution in [3.8, 4) is 0 Å². The number of halogens is 2. The average Bonchev–Trinajstić information content (AvgIpc) is 2.37. The van der Waals surface area contributed by atoms with Gasteiger partial charge in [-0.3, -0.25) is 0 Å². The number of hydrogen-bond acceptors (Lipinski definition) is 3. The highest BCUT2D eigenvalue weighted by atomic mass is 79.9. The van der Waals surface area contributed by atoms with E-state index in [-0.39, 0.29) is 9.37 Å². The predicted octanol–water partition coefficient (Wildman–Crippen LogP) is 2.29. The Morgan fingerprint density at radius 2 is 2.05 bits per heavy atom. The van der Waals surface area contributed by atoms with E-state index in [2.05, 4.69) is 20.7 Å². The summed E-state index contributed by atoms with van der Waals surface area (Å²) in [4.78, 5) is 0.0564. The highest BCUT2D eigenvalue weighted by Crippen LogP contribution is 2.23. The van der Waals surface area contributed by atoms with Crippen molar-refractivity contribution in [2.45, 2.75) is 17.7 Å². The van der Waals surface area contributed by atoms with Crippen LogP contribution in [0.25, 0.3) is 0 Å². The lowest BCUT2D eigenvalue weighted by molar-refractivity contribution is 0.0678. The second-order valence-electron chi connectivity index (χ2n) is 4.48. The van der Waals surface area contributed by atoms with E-state index in [4.69, 9.17) is 4.74 Å². The fraction of sp³-hybridized carbons (Fsp3) is 0.500. The number of nitrogens with one attached hydrogen (secondary N) is 1. The summed E-state index contributed by atoms with van der Waals surface area (Å²) >= 11 is 3.07. The van der Waals surface area contributed by atoms with Gasteiger partial charge in [-0.05, 0) is 52.9 Å². The first-order valence-corrected chi connectivity index (χ1v) is 8.29. The third-order valence-electron chi connectivity index (χ3n) is 3.09. The minimum absolute atomic E-state index is 0.0564. The van der Waals surface area contributed by atoms with Gasteiger partial charge < -0.3 is 4.74 Å². The molecule has 1 saturated heterocycles. The second-order valence-corrected chi connectivity index (χ2v) is 7.07. The molecule has 0 spiro atoms. The van der Waals surface area contributed by atoms with Gasteiger partial charge in [-0.15, -0.1) is 0 Å². The van der Waals surface area contributed by atoms with Crippen LogP contribution < -0.4 is 4.72 Å².